The first-order valence-corrected chi connectivity index (χ1v) is 11.7. The molecule has 0 spiro atoms. The third-order valence-corrected chi connectivity index (χ3v) is 7.27. The Morgan fingerprint density at radius 2 is 1.83 bits per heavy atom. The summed E-state index contributed by atoms with van der Waals surface area (Å²) in [5.74, 6) is 1.85. The molecule has 0 aliphatic carbocycles. The zero-order chi connectivity index (χ0) is 20.3. The number of carbonyl (C=O) groups excluding carboxylic acids is 1. The maximum absolute atomic E-state index is 12.7. The molecule has 4 heteroatoms. The standard InChI is InChI=1S/C25H38N2O2/c1-25(2)17-21(12-16-29-25)18-26-13-9-20(10-14-26)7-8-24(28)27-15-11-22-5-3-4-6-23(22)19-27/h3-6,20-21H,7-19H2,1-2H3. The van der Waals surface area contributed by atoms with Crippen molar-refractivity contribution in [1.82, 2.24) is 9.80 Å². The molecule has 1 unspecified atom stereocenters. The van der Waals surface area contributed by atoms with Crippen LogP contribution >= 0.6 is 0 Å². The smallest absolute Gasteiger partial charge is 0.222 e. The monoisotopic (exact) mass is 398 g/mol. The summed E-state index contributed by atoms with van der Waals surface area (Å²) >= 11 is 0. The van der Waals surface area contributed by atoms with Crippen molar-refractivity contribution in [3.05, 3.63) is 35.4 Å². The van der Waals surface area contributed by atoms with Crippen LogP contribution in [0, 0.1) is 11.8 Å². The summed E-state index contributed by atoms with van der Waals surface area (Å²) in [5.41, 5.74) is 2.80. The Hall–Kier alpha value is -1.39. The van der Waals surface area contributed by atoms with E-state index in [0.717, 1.165) is 50.8 Å². The van der Waals surface area contributed by atoms with Crippen molar-refractivity contribution in [3.8, 4) is 0 Å². The fraction of sp³-hybridized carbons (Fsp3) is 0.720. The third-order valence-electron chi connectivity index (χ3n) is 7.27. The van der Waals surface area contributed by atoms with Crippen molar-refractivity contribution in [1.29, 1.82) is 0 Å². The molecule has 4 nitrogen and oxygen atoms in total. The Morgan fingerprint density at radius 1 is 1.07 bits per heavy atom. The minimum absolute atomic E-state index is 0.0521. The Balaban J connectivity index is 1.16. The summed E-state index contributed by atoms with van der Waals surface area (Å²) in [6, 6.07) is 8.56. The van der Waals surface area contributed by atoms with Gasteiger partial charge in [0.25, 0.3) is 0 Å². The van der Waals surface area contributed by atoms with Gasteiger partial charge in [0.05, 0.1) is 5.60 Å². The molecule has 0 N–H and O–H groups in total. The molecule has 3 heterocycles. The number of hydrogen-bond donors (Lipinski definition) is 0. The number of likely N-dealkylation sites (tertiary alicyclic amines) is 1. The normalized spacial score (nSPS) is 25.6. The first-order chi connectivity index (χ1) is 14.0. The van der Waals surface area contributed by atoms with Crippen LogP contribution in [0.2, 0.25) is 0 Å². The number of amides is 1. The molecule has 2 saturated heterocycles. The van der Waals surface area contributed by atoms with Gasteiger partial charge in [-0.25, -0.2) is 0 Å². The number of carbonyl (C=O) groups is 1. The van der Waals surface area contributed by atoms with E-state index < -0.39 is 0 Å². The highest BCUT2D eigenvalue weighted by Gasteiger charge is 2.31. The summed E-state index contributed by atoms with van der Waals surface area (Å²) in [6.45, 7) is 10.7. The number of hydrogen-bond acceptors (Lipinski definition) is 3. The van der Waals surface area contributed by atoms with E-state index in [9.17, 15) is 4.79 Å². The van der Waals surface area contributed by atoms with E-state index in [2.05, 4.69) is 47.9 Å². The summed E-state index contributed by atoms with van der Waals surface area (Å²) in [6.07, 6.45) is 7.68. The van der Waals surface area contributed by atoms with Crippen LogP contribution in [0.1, 0.15) is 63.5 Å². The van der Waals surface area contributed by atoms with E-state index in [1.54, 1.807) is 0 Å². The molecular formula is C25H38N2O2. The van der Waals surface area contributed by atoms with Crippen molar-refractivity contribution in [3.63, 3.8) is 0 Å². The zero-order valence-corrected chi connectivity index (χ0v) is 18.4. The van der Waals surface area contributed by atoms with Crippen LogP contribution in [0.3, 0.4) is 0 Å². The van der Waals surface area contributed by atoms with Gasteiger partial charge in [-0.2, -0.15) is 0 Å². The van der Waals surface area contributed by atoms with Gasteiger partial charge < -0.3 is 14.5 Å². The summed E-state index contributed by atoms with van der Waals surface area (Å²) < 4.78 is 5.87. The van der Waals surface area contributed by atoms with Crippen molar-refractivity contribution in [2.45, 2.75) is 70.9 Å². The van der Waals surface area contributed by atoms with Gasteiger partial charge in [-0.3, -0.25) is 4.79 Å². The number of nitrogens with zero attached hydrogens (tertiary/aromatic N) is 2. The van der Waals surface area contributed by atoms with Crippen molar-refractivity contribution >= 4 is 5.91 Å². The number of benzene rings is 1. The minimum atomic E-state index is 0.0521. The van der Waals surface area contributed by atoms with Gasteiger partial charge >= 0.3 is 0 Å². The Kier molecular flexibility index (Phi) is 6.60. The van der Waals surface area contributed by atoms with Crippen molar-refractivity contribution in [2.75, 3.05) is 32.8 Å². The van der Waals surface area contributed by atoms with Crippen molar-refractivity contribution < 1.29 is 9.53 Å². The summed E-state index contributed by atoms with van der Waals surface area (Å²) in [7, 11) is 0. The quantitative estimate of drug-likeness (QED) is 0.743. The van der Waals surface area contributed by atoms with Crippen LogP contribution in [-0.2, 0) is 22.5 Å². The lowest BCUT2D eigenvalue weighted by Crippen LogP contribution is -2.42. The number of ether oxygens (including phenoxy) is 1. The molecule has 0 saturated carbocycles. The summed E-state index contributed by atoms with van der Waals surface area (Å²) in [5, 5.41) is 0. The highest BCUT2D eigenvalue weighted by atomic mass is 16.5. The molecule has 3 aliphatic heterocycles. The van der Waals surface area contributed by atoms with Gasteiger partial charge in [-0.1, -0.05) is 24.3 Å². The molecule has 0 bridgehead atoms. The second kappa shape index (κ2) is 9.18. The number of rotatable bonds is 5. The van der Waals surface area contributed by atoms with Crippen LogP contribution in [-0.4, -0.2) is 54.1 Å². The van der Waals surface area contributed by atoms with E-state index >= 15 is 0 Å². The maximum atomic E-state index is 12.7. The predicted molar refractivity (Wildman–Crippen MR) is 117 cm³/mol. The molecule has 160 valence electrons. The number of fused-ring (bicyclic) bond motifs is 1. The predicted octanol–water partition coefficient (Wildman–Crippen LogP) is 4.27. The second-order valence-corrected chi connectivity index (χ2v) is 10.1. The van der Waals surface area contributed by atoms with Gasteiger partial charge in [-0.15, -0.1) is 0 Å². The fourth-order valence-corrected chi connectivity index (χ4v) is 5.53. The van der Waals surface area contributed by atoms with Gasteiger partial charge in [0.15, 0.2) is 0 Å². The second-order valence-electron chi connectivity index (χ2n) is 10.1. The number of piperidine rings is 1. The minimum Gasteiger partial charge on any atom is -0.376 e. The van der Waals surface area contributed by atoms with E-state index in [4.69, 9.17) is 4.74 Å². The third kappa shape index (κ3) is 5.61. The first kappa shape index (κ1) is 20.9. The van der Waals surface area contributed by atoms with E-state index in [-0.39, 0.29) is 5.60 Å². The molecule has 0 radical (unpaired) electrons. The van der Waals surface area contributed by atoms with Crippen LogP contribution in [0.25, 0.3) is 0 Å². The summed E-state index contributed by atoms with van der Waals surface area (Å²) in [4.78, 5) is 17.5. The zero-order valence-electron chi connectivity index (χ0n) is 18.4. The molecule has 4 rings (SSSR count). The highest BCUT2D eigenvalue weighted by molar-refractivity contribution is 5.76. The Labute approximate surface area is 176 Å². The Morgan fingerprint density at radius 3 is 2.59 bits per heavy atom. The highest BCUT2D eigenvalue weighted by Crippen LogP contribution is 2.31. The van der Waals surface area contributed by atoms with E-state index in [1.807, 2.05) is 0 Å². The van der Waals surface area contributed by atoms with Crippen LogP contribution in [0.4, 0.5) is 0 Å². The van der Waals surface area contributed by atoms with Crippen LogP contribution < -0.4 is 0 Å². The van der Waals surface area contributed by atoms with Crippen LogP contribution in [0.15, 0.2) is 24.3 Å². The molecule has 0 aromatic heterocycles. The molecule has 29 heavy (non-hydrogen) atoms. The van der Waals surface area contributed by atoms with Gasteiger partial charge in [-0.05, 0) is 88.4 Å². The molecule has 1 aromatic carbocycles. The van der Waals surface area contributed by atoms with Crippen LogP contribution in [0.5, 0.6) is 0 Å². The molecule has 1 amide bonds. The average Bonchev–Trinajstić information content (AvgIpc) is 2.72. The van der Waals surface area contributed by atoms with Crippen molar-refractivity contribution in [2.24, 2.45) is 11.8 Å². The van der Waals surface area contributed by atoms with E-state index in [0.29, 0.717) is 5.91 Å². The maximum Gasteiger partial charge on any atom is 0.222 e. The van der Waals surface area contributed by atoms with Gasteiger partial charge in [0.1, 0.15) is 0 Å². The SMILES string of the molecule is CC1(C)CC(CN2CCC(CCC(=O)N3CCc4ccccc4C3)CC2)CCO1. The lowest BCUT2D eigenvalue weighted by Gasteiger charge is -2.40. The lowest BCUT2D eigenvalue weighted by molar-refractivity contribution is -0.132. The van der Waals surface area contributed by atoms with Gasteiger partial charge in [0, 0.05) is 32.7 Å². The fourth-order valence-electron chi connectivity index (χ4n) is 5.53. The topological polar surface area (TPSA) is 32.8 Å². The molecule has 2 fully saturated rings. The Bertz CT molecular complexity index is 694. The average molecular weight is 399 g/mol. The lowest BCUT2D eigenvalue weighted by atomic mass is 9.86. The van der Waals surface area contributed by atoms with E-state index in [1.165, 1.54) is 56.4 Å². The molecule has 1 atom stereocenters. The van der Waals surface area contributed by atoms with Gasteiger partial charge in [0.2, 0.25) is 5.91 Å². The molecule has 1 aromatic rings. The molecule has 3 aliphatic rings. The molecular weight excluding hydrogens is 360 g/mol. The first-order valence-electron chi connectivity index (χ1n) is 11.7. The largest absolute Gasteiger partial charge is 0.376 e.